The van der Waals surface area contributed by atoms with Crippen molar-refractivity contribution in [3.05, 3.63) is 34.9 Å². The molecule has 1 fully saturated rings. The number of nitrogens with zero attached hydrogens (tertiary/aromatic N) is 1. The van der Waals surface area contributed by atoms with Crippen LogP contribution in [0.3, 0.4) is 0 Å². The summed E-state index contributed by atoms with van der Waals surface area (Å²) in [5.41, 5.74) is 3.17. The van der Waals surface area contributed by atoms with Gasteiger partial charge in [0.05, 0.1) is 0 Å². The van der Waals surface area contributed by atoms with E-state index in [0.717, 1.165) is 30.8 Å². The van der Waals surface area contributed by atoms with Crippen LogP contribution in [0.25, 0.3) is 0 Å². The molecule has 1 aliphatic heterocycles. The number of ketones is 1. The van der Waals surface area contributed by atoms with Gasteiger partial charge in [0.2, 0.25) is 0 Å². The van der Waals surface area contributed by atoms with Crippen molar-refractivity contribution in [2.75, 3.05) is 19.6 Å². The Morgan fingerprint density at radius 3 is 2.58 bits per heavy atom. The first-order chi connectivity index (χ1) is 9.08. The Balaban J connectivity index is 2.03. The maximum Gasteiger partial charge on any atom is 0.167 e. The molecule has 0 bridgehead atoms. The summed E-state index contributed by atoms with van der Waals surface area (Å²) in [6.45, 7) is 9.37. The van der Waals surface area contributed by atoms with Gasteiger partial charge in [-0.25, -0.2) is 0 Å². The van der Waals surface area contributed by atoms with Gasteiger partial charge < -0.3 is 4.90 Å². The van der Waals surface area contributed by atoms with E-state index >= 15 is 0 Å². The van der Waals surface area contributed by atoms with Crippen LogP contribution in [0.4, 0.5) is 0 Å². The highest BCUT2D eigenvalue weighted by Crippen LogP contribution is 2.18. The molecule has 104 valence electrons. The van der Waals surface area contributed by atoms with Gasteiger partial charge in [0.1, 0.15) is 0 Å². The first-order valence-electron chi connectivity index (χ1n) is 7.42. The van der Waals surface area contributed by atoms with Crippen molar-refractivity contribution in [2.45, 2.75) is 40.0 Å². The molecule has 0 amide bonds. The van der Waals surface area contributed by atoms with Crippen molar-refractivity contribution in [1.82, 2.24) is 4.90 Å². The smallest absolute Gasteiger partial charge is 0.167 e. The van der Waals surface area contributed by atoms with E-state index in [1.807, 2.05) is 19.9 Å². The van der Waals surface area contributed by atoms with Gasteiger partial charge in [-0.3, -0.25) is 4.79 Å². The van der Waals surface area contributed by atoms with Crippen molar-refractivity contribution >= 4 is 5.78 Å². The molecule has 2 heteroatoms. The number of likely N-dealkylation sites (tertiary alicyclic amines) is 1. The molecule has 2 rings (SSSR count). The predicted octanol–water partition coefficient (Wildman–Crippen LogP) is 3.61. The number of Topliss-reactive ketones (excluding diaryl/α,β-unsaturated/α-hetero) is 1. The lowest BCUT2D eigenvalue weighted by atomic mass is 9.93. The average molecular weight is 259 g/mol. The molecule has 1 aliphatic rings. The maximum atomic E-state index is 12.6. The minimum atomic E-state index is 0.0959. The standard InChI is InChI=1S/C17H25NO/c1-13-7-8-14(2)16(11-13)17(19)15(3)12-18-9-5-4-6-10-18/h7-8,11,15H,4-6,9-10,12H2,1-3H3. The van der Waals surface area contributed by atoms with Crippen LogP contribution >= 0.6 is 0 Å². The zero-order chi connectivity index (χ0) is 13.8. The summed E-state index contributed by atoms with van der Waals surface area (Å²) in [4.78, 5) is 15.0. The van der Waals surface area contributed by atoms with Crippen LogP contribution in [-0.4, -0.2) is 30.3 Å². The summed E-state index contributed by atoms with van der Waals surface area (Å²) in [5.74, 6) is 0.394. The highest BCUT2D eigenvalue weighted by atomic mass is 16.1. The van der Waals surface area contributed by atoms with Gasteiger partial charge in [0.15, 0.2) is 5.78 Å². The topological polar surface area (TPSA) is 20.3 Å². The first-order valence-corrected chi connectivity index (χ1v) is 7.42. The Hall–Kier alpha value is -1.15. The lowest BCUT2D eigenvalue weighted by molar-refractivity contribution is 0.0883. The summed E-state index contributed by atoms with van der Waals surface area (Å²) >= 11 is 0. The zero-order valence-electron chi connectivity index (χ0n) is 12.4. The normalized spacial score (nSPS) is 18.3. The van der Waals surface area contributed by atoms with Gasteiger partial charge in [-0.05, 0) is 51.4 Å². The second-order valence-corrected chi connectivity index (χ2v) is 5.94. The third-order valence-electron chi connectivity index (χ3n) is 4.09. The van der Waals surface area contributed by atoms with E-state index in [4.69, 9.17) is 0 Å². The molecule has 0 aliphatic carbocycles. The predicted molar refractivity (Wildman–Crippen MR) is 79.7 cm³/mol. The molecule has 19 heavy (non-hydrogen) atoms. The van der Waals surface area contributed by atoms with Crippen LogP contribution in [-0.2, 0) is 0 Å². The lowest BCUT2D eigenvalue weighted by Crippen LogP contribution is -2.35. The third-order valence-corrected chi connectivity index (χ3v) is 4.09. The number of hydrogen-bond donors (Lipinski definition) is 0. The highest BCUT2D eigenvalue weighted by Gasteiger charge is 2.21. The second-order valence-electron chi connectivity index (χ2n) is 5.94. The molecule has 1 heterocycles. The molecular weight excluding hydrogens is 234 g/mol. The van der Waals surface area contributed by atoms with Gasteiger partial charge in [0, 0.05) is 18.0 Å². The van der Waals surface area contributed by atoms with Gasteiger partial charge in [-0.2, -0.15) is 0 Å². The lowest BCUT2D eigenvalue weighted by Gasteiger charge is -2.28. The average Bonchev–Trinajstić information content (AvgIpc) is 2.42. The number of piperidine rings is 1. The molecule has 0 spiro atoms. The van der Waals surface area contributed by atoms with Crippen LogP contribution < -0.4 is 0 Å². The minimum absolute atomic E-state index is 0.0959. The quantitative estimate of drug-likeness (QED) is 0.770. The fourth-order valence-corrected chi connectivity index (χ4v) is 2.88. The van der Waals surface area contributed by atoms with Crippen molar-refractivity contribution in [1.29, 1.82) is 0 Å². The maximum absolute atomic E-state index is 12.6. The van der Waals surface area contributed by atoms with E-state index < -0.39 is 0 Å². The van der Waals surface area contributed by atoms with Crippen LogP contribution in [0.15, 0.2) is 18.2 Å². The molecule has 0 radical (unpaired) electrons. The van der Waals surface area contributed by atoms with Gasteiger partial charge in [0.25, 0.3) is 0 Å². The van der Waals surface area contributed by atoms with Crippen LogP contribution in [0.1, 0.15) is 47.7 Å². The van der Waals surface area contributed by atoms with E-state index in [2.05, 4.69) is 24.0 Å². The summed E-state index contributed by atoms with van der Waals surface area (Å²) in [6.07, 6.45) is 3.91. The van der Waals surface area contributed by atoms with E-state index in [9.17, 15) is 4.79 Å². The number of hydrogen-bond acceptors (Lipinski definition) is 2. The Labute approximate surface area is 116 Å². The SMILES string of the molecule is Cc1ccc(C)c(C(=O)C(C)CN2CCCCC2)c1. The van der Waals surface area contributed by atoms with Gasteiger partial charge in [-0.1, -0.05) is 31.0 Å². The van der Waals surface area contributed by atoms with E-state index in [1.165, 1.54) is 24.8 Å². The molecular formula is C17H25NO. The van der Waals surface area contributed by atoms with Crippen LogP contribution in [0.2, 0.25) is 0 Å². The second kappa shape index (κ2) is 6.33. The van der Waals surface area contributed by atoms with Crippen molar-refractivity contribution in [3.63, 3.8) is 0 Å². The largest absolute Gasteiger partial charge is 0.303 e. The summed E-state index contributed by atoms with van der Waals surface area (Å²) in [7, 11) is 0. The minimum Gasteiger partial charge on any atom is -0.303 e. The molecule has 0 aromatic heterocycles. The Bertz CT molecular complexity index is 447. The van der Waals surface area contributed by atoms with Crippen molar-refractivity contribution in [3.8, 4) is 0 Å². The molecule has 0 N–H and O–H groups in total. The Morgan fingerprint density at radius 2 is 1.89 bits per heavy atom. The van der Waals surface area contributed by atoms with Crippen molar-refractivity contribution < 1.29 is 4.79 Å². The number of benzene rings is 1. The third kappa shape index (κ3) is 3.66. The number of rotatable bonds is 4. The van der Waals surface area contributed by atoms with Crippen LogP contribution in [0.5, 0.6) is 0 Å². The van der Waals surface area contributed by atoms with E-state index in [-0.39, 0.29) is 5.92 Å². The van der Waals surface area contributed by atoms with Gasteiger partial charge >= 0.3 is 0 Å². The molecule has 1 saturated heterocycles. The van der Waals surface area contributed by atoms with Crippen molar-refractivity contribution in [2.24, 2.45) is 5.92 Å². The molecule has 1 atom stereocenters. The zero-order valence-corrected chi connectivity index (χ0v) is 12.4. The molecule has 1 aromatic carbocycles. The Morgan fingerprint density at radius 1 is 1.21 bits per heavy atom. The fraction of sp³-hybridized carbons (Fsp3) is 0.588. The summed E-state index contributed by atoms with van der Waals surface area (Å²) in [5, 5.41) is 0. The molecule has 1 unspecified atom stereocenters. The fourth-order valence-electron chi connectivity index (χ4n) is 2.88. The van der Waals surface area contributed by atoms with Crippen LogP contribution in [0, 0.1) is 19.8 Å². The van der Waals surface area contributed by atoms with E-state index in [0.29, 0.717) is 5.78 Å². The molecule has 0 saturated carbocycles. The summed E-state index contributed by atoms with van der Waals surface area (Å²) < 4.78 is 0. The molecule has 2 nitrogen and oxygen atoms in total. The number of carbonyl (C=O) groups excluding carboxylic acids is 1. The van der Waals surface area contributed by atoms with E-state index in [1.54, 1.807) is 0 Å². The Kier molecular flexibility index (Phi) is 4.76. The first kappa shape index (κ1) is 14.3. The highest BCUT2D eigenvalue weighted by molar-refractivity contribution is 5.99. The van der Waals surface area contributed by atoms with Gasteiger partial charge in [-0.15, -0.1) is 0 Å². The summed E-state index contributed by atoms with van der Waals surface area (Å²) in [6, 6.07) is 6.15. The monoisotopic (exact) mass is 259 g/mol. The number of aryl methyl sites for hydroxylation is 2. The number of carbonyl (C=O) groups is 1. The molecule has 1 aromatic rings.